The molecule has 0 fully saturated rings. The van der Waals surface area contributed by atoms with Crippen molar-refractivity contribution in [1.82, 2.24) is 0 Å². The molecule has 1 aromatic carbocycles. The molecule has 3 nitrogen and oxygen atoms in total. The van der Waals surface area contributed by atoms with E-state index in [1.807, 2.05) is 12.1 Å². The quantitative estimate of drug-likeness (QED) is 0.678. The van der Waals surface area contributed by atoms with Gasteiger partial charge in [0, 0.05) is 18.0 Å². The van der Waals surface area contributed by atoms with Gasteiger partial charge in [-0.15, -0.1) is 0 Å². The summed E-state index contributed by atoms with van der Waals surface area (Å²) in [5.74, 6) is -1.11. The number of rotatable bonds is 6. The fourth-order valence-corrected chi connectivity index (χ4v) is 1.46. The van der Waals surface area contributed by atoms with Gasteiger partial charge in [0.2, 0.25) is 0 Å². The highest BCUT2D eigenvalue weighted by Crippen LogP contribution is 2.09. The predicted molar refractivity (Wildman–Crippen MR) is 59.0 cm³/mol. The van der Waals surface area contributed by atoms with E-state index in [1.165, 1.54) is 5.56 Å². The van der Waals surface area contributed by atoms with Crippen LogP contribution >= 0.6 is 0 Å². The molecule has 1 aromatic rings. The summed E-state index contributed by atoms with van der Waals surface area (Å²) in [7, 11) is 0. The van der Waals surface area contributed by atoms with Gasteiger partial charge in [0.05, 0.1) is 0 Å². The van der Waals surface area contributed by atoms with Crippen molar-refractivity contribution in [3.8, 4) is 0 Å². The Balaban J connectivity index is 2.49. The molecule has 0 bridgehead atoms. The Morgan fingerprint density at radius 2 is 1.75 bits per heavy atom. The van der Waals surface area contributed by atoms with Gasteiger partial charge < -0.3 is 9.90 Å². The molecular formula is C13H15O3-. The number of carbonyl (C=O) groups is 2. The van der Waals surface area contributed by atoms with E-state index in [0.717, 1.165) is 6.42 Å². The molecule has 0 saturated carbocycles. The van der Waals surface area contributed by atoms with E-state index in [1.54, 1.807) is 12.1 Å². The Kier molecular flexibility index (Phi) is 4.70. The van der Waals surface area contributed by atoms with Gasteiger partial charge in [-0.05, 0) is 24.8 Å². The van der Waals surface area contributed by atoms with E-state index < -0.39 is 5.97 Å². The number of Topliss-reactive ketones (excluding diaryl/α,β-unsaturated/α-hetero) is 1. The van der Waals surface area contributed by atoms with Crippen LogP contribution < -0.4 is 5.11 Å². The first-order valence-electron chi connectivity index (χ1n) is 5.45. The van der Waals surface area contributed by atoms with Crippen molar-refractivity contribution < 1.29 is 14.7 Å². The number of aliphatic carboxylic acids is 1. The van der Waals surface area contributed by atoms with Crippen LogP contribution in [0.25, 0.3) is 0 Å². The molecule has 86 valence electrons. The maximum Gasteiger partial charge on any atom is 0.162 e. The van der Waals surface area contributed by atoms with Crippen LogP contribution in [0, 0.1) is 0 Å². The summed E-state index contributed by atoms with van der Waals surface area (Å²) in [6.07, 6.45) is 1.49. The third-order valence-corrected chi connectivity index (χ3v) is 2.47. The Morgan fingerprint density at radius 1 is 1.12 bits per heavy atom. The van der Waals surface area contributed by atoms with Crippen LogP contribution in [0.3, 0.4) is 0 Å². The number of aryl methyl sites for hydroxylation is 1. The average Bonchev–Trinajstić information content (AvgIpc) is 2.28. The molecule has 0 aliphatic heterocycles. The molecule has 0 aromatic heterocycles. The first-order chi connectivity index (χ1) is 7.63. The van der Waals surface area contributed by atoms with Crippen molar-refractivity contribution in [2.75, 3.05) is 0 Å². The molecule has 0 heterocycles. The number of benzene rings is 1. The van der Waals surface area contributed by atoms with Crippen molar-refractivity contribution in [2.45, 2.75) is 32.6 Å². The van der Waals surface area contributed by atoms with E-state index >= 15 is 0 Å². The van der Waals surface area contributed by atoms with Gasteiger partial charge in [0.1, 0.15) is 0 Å². The van der Waals surface area contributed by atoms with Crippen molar-refractivity contribution in [3.63, 3.8) is 0 Å². The average molecular weight is 219 g/mol. The Hall–Kier alpha value is -1.64. The number of ketones is 1. The summed E-state index contributed by atoms with van der Waals surface area (Å²) in [6.45, 7) is 2.05. The molecule has 3 heteroatoms. The number of carboxylic acid groups (broad SMARTS) is 1. The highest BCUT2D eigenvalue weighted by molar-refractivity contribution is 5.96. The lowest BCUT2D eigenvalue weighted by Gasteiger charge is -2.03. The Labute approximate surface area is 95.1 Å². The summed E-state index contributed by atoms with van der Waals surface area (Å²) < 4.78 is 0. The van der Waals surface area contributed by atoms with E-state index in [2.05, 4.69) is 6.92 Å². The third kappa shape index (κ3) is 3.85. The number of carboxylic acids is 1. The Morgan fingerprint density at radius 3 is 2.25 bits per heavy atom. The summed E-state index contributed by atoms with van der Waals surface area (Å²) in [5.41, 5.74) is 1.84. The van der Waals surface area contributed by atoms with Crippen LogP contribution in [0.4, 0.5) is 0 Å². The summed E-state index contributed by atoms with van der Waals surface area (Å²) in [6, 6.07) is 7.43. The van der Waals surface area contributed by atoms with Crippen LogP contribution in [-0.2, 0) is 11.2 Å². The minimum atomic E-state index is -1.10. The molecule has 1 rings (SSSR count). The highest BCUT2D eigenvalue weighted by Gasteiger charge is 2.04. The summed E-state index contributed by atoms with van der Waals surface area (Å²) in [5, 5.41) is 10.2. The minimum Gasteiger partial charge on any atom is -0.550 e. The highest BCUT2D eigenvalue weighted by atomic mass is 16.4. The number of carbonyl (C=O) groups excluding carboxylic acids is 2. The van der Waals surface area contributed by atoms with E-state index in [4.69, 9.17) is 0 Å². The molecule has 0 unspecified atom stereocenters. The second-order valence-corrected chi connectivity index (χ2v) is 3.70. The van der Waals surface area contributed by atoms with E-state index in [-0.39, 0.29) is 18.6 Å². The normalized spacial score (nSPS) is 10.1. The van der Waals surface area contributed by atoms with Gasteiger partial charge in [0.15, 0.2) is 5.78 Å². The molecule has 0 atom stereocenters. The third-order valence-electron chi connectivity index (χ3n) is 2.47. The van der Waals surface area contributed by atoms with Gasteiger partial charge in [-0.3, -0.25) is 4.79 Å². The van der Waals surface area contributed by atoms with E-state index in [9.17, 15) is 14.7 Å². The number of hydrogen-bond acceptors (Lipinski definition) is 3. The van der Waals surface area contributed by atoms with Gasteiger partial charge >= 0.3 is 0 Å². The summed E-state index contributed by atoms with van der Waals surface area (Å²) in [4.78, 5) is 21.8. The van der Waals surface area contributed by atoms with Crippen LogP contribution in [0.2, 0.25) is 0 Å². The standard InChI is InChI=1S/C13H16O3/c1-2-10-6-8-11(9-7-10)12(14)4-3-5-13(15)16/h6-9H,2-5H2,1H3,(H,15,16)/p-1. The predicted octanol–water partition coefficient (Wildman–Crippen LogP) is 1.35. The molecule has 0 radical (unpaired) electrons. The zero-order valence-corrected chi connectivity index (χ0v) is 9.36. The van der Waals surface area contributed by atoms with Crippen molar-refractivity contribution >= 4 is 11.8 Å². The fraction of sp³-hybridized carbons (Fsp3) is 0.385. The molecule has 0 aliphatic rings. The van der Waals surface area contributed by atoms with Gasteiger partial charge in [-0.25, -0.2) is 0 Å². The maximum atomic E-state index is 11.6. The lowest BCUT2D eigenvalue weighted by atomic mass is 10.0. The fourth-order valence-electron chi connectivity index (χ4n) is 1.46. The van der Waals surface area contributed by atoms with Crippen LogP contribution in [0.1, 0.15) is 42.1 Å². The second-order valence-electron chi connectivity index (χ2n) is 3.70. The minimum absolute atomic E-state index is 0.0103. The first kappa shape index (κ1) is 12.4. The first-order valence-corrected chi connectivity index (χ1v) is 5.45. The van der Waals surface area contributed by atoms with Crippen LogP contribution in [0.5, 0.6) is 0 Å². The molecule has 0 N–H and O–H groups in total. The van der Waals surface area contributed by atoms with Crippen LogP contribution in [-0.4, -0.2) is 11.8 Å². The SMILES string of the molecule is CCc1ccc(C(=O)CCCC(=O)[O-])cc1. The monoisotopic (exact) mass is 219 g/mol. The smallest absolute Gasteiger partial charge is 0.162 e. The largest absolute Gasteiger partial charge is 0.550 e. The van der Waals surface area contributed by atoms with E-state index in [0.29, 0.717) is 12.0 Å². The maximum absolute atomic E-state index is 11.6. The molecular weight excluding hydrogens is 204 g/mol. The van der Waals surface area contributed by atoms with Crippen molar-refractivity contribution in [2.24, 2.45) is 0 Å². The molecule has 0 aliphatic carbocycles. The zero-order chi connectivity index (χ0) is 12.0. The summed E-state index contributed by atoms with van der Waals surface area (Å²) >= 11 is 0. The zero-order valence-electron chi connectivity index (χ0n) is 9.36. The molecule has 0 spiro atoms. The second kappa shape index (κ2) is 6.05. The molecule has 16 heavy (non-hydrogen) atoms. The molecule has 0 amide bonds. The lowest BCUT2D eigenvalue weighted by molar-refractivity contribution is -0.305. The molecule has 0 saturated heterocycles. The Bertz CT molecular complexity index is 365. The van der Waals surface area contributed by atoms with Crippen LogP contribution in [0.15, 0.2) is 24.3 Å². The number of hydrogen-bond donors (Lipinski definition) is 0. The van der Waals surface area contributed by atoms with Gasteiger partial charge in [-0.1, -0.05) is 31.2 Å². The van der Waals surface area contributed by atoms with Gasteiger partial charge in [0.25, 0.3) is 0 Å². The lowest BCUT2D eigenvalue weighted by Crippen LogP contribution is -2.21. The van der Waals surface area contributed by atoms with Gasteiger partial charge in [-0.2, -0.15) is 0 Å². The topological polar surface area (TPSA) is 57.2 Å². The van der Waals surface area contributed by atoms with Crippen molar-refractivity contribution in [3.05, 3.63) is 35.4 Å². The van der Waals surface area contributed by atoms with Crippen molar-refractivity contribution in [1.29, 1.82) is 0 Å².